The highest BCUT2D eigenvalue weighted by Gasteiger charge is 2.38. The Hall–Kier alpha value is -0.890. The quantitative estimate of drug-likeness (QED) is 0.729. The Morgan fingerprint density at radius 3 is 2.65 bits per heavy atom. The molecule has 0 amide bonds. The highest BCUT2D eigenvalue weighted by molar-refractivity contribution is 5.75. The fraction of sp³-hybridized carbons (Fsp3) is 0.722. The summed E-state index contributed by atoms with van der Waals surface area (Å²) in [6.45, 7) is 10.3. The summed E-state index contributed by atoms with van der Waals surface area (Å²) in [7, 11) is 0. The first kappa shape index (κ1) is 17.2. The summed E-state index contributed by atoms with van der Waals surface area (Å²) in [4.78, 5) is 10.9. The minimum Gasteiger partial charge on any atom is -0.392 e. The van der Waals surface area contributed by atoms with E-state index in [1.54, 1.807) is 6.92 Å². The van der Waals surface area contributed by atoms with E-state index < -0.39 is 0 Å². The van der Waals surface area contributed by atoms with Crippen molar-refractivity contribution in [2.24, 2.45) is 11.3 Å². The molecule has 1 rings (SSSR count). The third kappa shape index (κ3) is 4.59. The maximum atomic E-state index is 10.9. The smallest absolute Gasteiger partial charge is 0.130 e. The van der Waals surface area contributed by atoms with Gasteiger partial charge in [-0.2, -0.15) is 0 Å². The van der Waals surface area contributed by atoms with Gasteiger partial charge in [0, 0.05) is 6.42 Å². The van der Waals surface area contributed by atoms with Crippen molar-refractivity contribution in [2.45, 2.75) is 72.8 Å². The number of hydrogen-bond acceptors (Lipinski definition) is 2. The first-order chi connectivity index (χ1) is 9.25. The van der Waals surface area contributed by atoms with Crippen LogP contribution in [0.15, 0.2) is 23.3 Å². The number of carbonyl (C=O) groups excluding carboxylic acids is 1. The number of aliphatic hydroxyl groups is 1. The molecular formula is C18H30O2. The molecule has 0 bridgehead atoms. The average Bonchev–Trinajstić information content (AvgIpc) is 2.33. The van der Waals surface area contributed by atoms with Crippen molar-refractivity contribution >= 4 is 5.78 Å². The van der Waals surface area contributed by atoms with E-state index in [0.29, 0.717) is 12.3 Å². The third-order valence-electron chi connectivity index (χ3n) is 4.79. The molecule has 0 aromatic heterocycles. The molecule has 2 nitrogen and oxygen atoms in total. The lowest BCUT2D eigenvalue weighted by Gasteiger charge is -2.42. The predicted octanol–water partition coefficient (Wildman–Crippen LogP) is 4.44. The summed E-state index contributed by atoms with van der Waals surface area (Å²) < 4.78 is 0. The van der Waals surface area contributed by atoms with Gasteiger partial charge in [0.15, 0.2) is 0 Å². The van der Waals surface area contributed by atoms with Gasteiger partial charge in [0.25, 0.3) is 0 Å². The number of hydrogen-bond donors (Lipinski definition) is 1. The lowest BCUT2D eigenvalue weighted by atomic mass is 9.65. The number of ketones is 1. The lowest BCUT2D eigenvalue weighted by molar-refractivity contribution is -0.116. The van der Waals surface area contributed by atoms with Crippen molar-refractivity contribution in [3.05, 3.63) is 23.3 Å². The van der Waals surface area contributed by atoms with Gasteiger partial charge >= 0.3 is 0 Å². The molecule has 0 spiro atoms. The van der Waals surface area contributed by atoms with E-state index in [1.165, 1.54) is 11.1 Å². The minimum atomic E-state index is -0.238. The molecule has 0 aromatic carbocycles. The fourth-order valence-corrected chi connectivity index (χ4v) is 3.16. The Morgan fingerprint density at radius 1 is 1.40 bits per heavy atom. The lowest BCUT2D eigenvalue weighted by Crippen LogP contribution is -2.39. The van der Waals surface area contributed by atoms with E-state index in [0.717, 1.165) is 25.7 Å². The van der Waals surface area contributed by atoms with Crippen LogP contribution >= 0.6 is 0 Å². The average molecular weight is 278 g/mol. The van der Waals surface area contributed by atoms with Crippen LogP contribution in [0.1, 0.15) is 66.7 Å². The van der Waals surface area contributed by atoms with Crippen LogP contribution < -0.4 is 0 Å². The summed E-state index contributed by atoms with van der Waals surface area (Å²) in [5, 5.41) is 10.2. The van der Waals surface area contributed by atoms with E-state index in [4.69, 9.17) is 0 Å². The van der Waals surface area contributed by atoms with E-state index in [-0.39, 0.29) is 17.3 Å². The number of rotatable bonds is 6. The maximum Gasteiger partial charge on any atom is 0.130 e. The molecule has 0 aromatic rings. The molecule has 0 aliphatic heterocycles. The maximum absolute atomic E-state index is 10.9. The Kier molecular flexibility index (Phi) is 6.19. The van der Waals surface area contributed by atoms with E-state index in [2.05, 4.69) is 39.8 Å². The number of allylic oxidation sites excluding steroid dienone is 3. The monoisotopic (exact) mass is 278 g/mol. The Morgan fingerprint density at radius 2 is 2.05 bits per heavy atom. The molecule has 20 heavy (non-hydrogen) atoms. The summed E-state index contributed by atoms with van der Waals surface area (Å²) in [6.07, 6.45) is 8.54. The van der Waals surface area contributed by atoms with Crippen molar-refractivity contribution in [2.75, 3.05) is 0 Å². The molecule has 1 N–H and O–H groups in total. The molecule has 2 heteroatoms. The van der Waals surface area contributed by atoms with E-state index >= 15 is 0 Å². The topological polar surface area (TPSA) is 37.3 Å². The molecule has 0 saturated carbocycles. The normalized spacial score (nSPS) is 26.3. The second-order valence-corrected chi connectivity index (χ2v) is 6.90. The van der Waals surface area contributed by atoms with Crippen LogP contribution in [-0.4, -0.2) is 17.0 Å². The molecule has 2 unspecified atom stereocenters. The van der Waals surface area contributed by atoms with Gasteiger partial charge in [-0.25, -0.2) is 0 Å². The van der Waals surface area contributed by atoms with Crippen LogP contribution in [0.2, 0.25) is 0 Å². The van der Waals surface area contributed by atoms with Gasteiger partial charge < -0.3 is 9.90 Å². The standard InChI is InChI=1S/C18H30O2/c1-13(7-6-8-15(3)19)9-11-16-14(2)10-12-17(20)18(16,4)5/h7,10,16-17,20H,6,8-9,11-12H2,1-5H3. The zero-order chi connectivity index (χ0) is 15.3. The summed E-state index contributed by atoms with van der Waals surface area (Å²) in [5.41, 5.74) is 2.73. The molecule has 0 saturated heterocycles. The minimum absolute atomic E-state index is 0.0432. The molecule has 1 aliphatic rings. The summed E-state index contributed by atoms with van der Waals surface area (Å²) in [6, 6.07) is 0. The Bertz CT molecular complexity index is 402. The van der Waals surface area contributed by atoms with Gasteiger partial charge in [-0.15, -0.1) is 0 Å². The molecule has 2 atom stereocenters. The molecule has 0 radical (unpaired) electrons. The molecular weight excluding hydrogens is 248 g/mol. The van der Waals surface area contributed by atoms with Gasteiger partial charge in [-0.3, -0.25) is 0 Å². The molecule has 0 heterocycles. The first-order valence-electron chi connectivity index (χ1n) is 7.75. The predicted molar refractivity (Wildman–Crippen MR) is 84.6 cm³/mol. The summed E-state index contributed by atoms with van der Waals surface area (Å²) in [5.74, 6) is 0.701. The van der Waals surface area contributed by atoms with Crippen molar-refractivity contribution < 1.29 is 9.90 Å². The van der Waals surface area contributed by atoms with Crippen LogP contribution in [0.3, 0.4) is 0 Å². The zero-order valence-corrected chi connectivity index (χ0v) is 13.7. The number of carbonyl (C=O) groups is 1. The van der Waals surface area contributed by atoms with E-state index in [9.17, 15) is 9.90 Å². The highest BCUT2D eigenvalue weighted by atomic mass is 16.3. The Labute approximate surface area is 124 Å². The van der Waals surface area contributed by atoms with Crippen LogP contribution in [0.5, 0.6) is 0 Å². The highest BCUT2D eigenvalue weighted by Crippen LogP contribution is 2.43. The van der Waals surface area contributed by atoms with Crippen LogP contribution in [0.25, 0.3) is 0 Å². The zero-order valence-electron chi connectivity index (χ0n) is 13.7. The van der Waals surface area contributed by atoms with E-state index in [1.807, 2.05) is 0 Å². The van der Waals surface area contributed by atoms with Gasteiger partial charge in [0.1, 0.15) is 5.78 Å². The van der Waals surface area contributed by atoms with Gasteiger partial charge in [0.05, 0.1) is 6.10 Å². The second-order valence-electron chi connectivity index (χ2n) is 6.90. The van der Waals surface area contributed by atoms with Crippen LogP contribution in [-0.2, 0) is 4.79 Å². The van der Waals surface area contributed by atoms with Crippen molar-refractivity contribution in [3.63, 3.8) is 0 Å². The third-order valence-corrected chi connectivity index (χ3v) is 4.79. The second kappa shape index (κ2) is 7.21. The fourth-order valence-electron chi connectivity index (χ4n) is 3.16. The van der Waals surface area contributed by atoms with Crippen LogP contribution in [0.4, 0.5) is 0 Å². The van der Waals surface area contributed by atoms with Crippen molar-refractivity contribution in [1.29, 1.82) is 0 Å². The largest absolute Gasteiger partial charge is 0.392 e. The van der Waals surface area contributed by atoms with Gasteiger partial charge in [0.2, 0.25) is 0 Å². The molecule has 114 valence electrons. The Balaban J connectivity index is 2.57. The van der Waals surface area contributed by atoms with Crippen molar-refractivity contribution in [3.8, 4) is 0 Å². The molecule has 0 fully saturated rings. The van der Waals surface area contributed by atoms with Crippen LogP contribution in [0, 0.1) is 11.3 Å². The van der Waals surface area contributed by atoms with Crippen molar-refractivity contribution in [1.82, 2.24) is 0 Å². The number of Topliss-reactive ketones (excluding diaryl/α,β-unsaturated/α-hetero) is 1. The van der Waals surface area contributed by atoms with Gasteiger partial charge in [-0.05, 0) is 57.8 Å². The summed E-state index contributed by atoms with van der Waals surface area (Å²) >= 11 is 0. The number of aliphatic hydroxyl groups excluding tert-OH is 1. The SMILES string of the molecule is CC(=O)CCC=C(C)CCC1C(C)=CCC(O)C1(C)C. The molecule has 1 aliphatic carbocycles. The van der Waals surface area contributed by atoms with Gasteiger partial charge in [-0.1, -0.05) is 37.1 Å². The first-order valence-corrected chi connectivity index (χ1v) is 7.75.